The standard InChI is InChI=1S/C32H33FN6O3/c33-25-8-5-23(6-9-25)32(42)39-17-15-38(16-18-39)29-14-7-24(31(41)36-27-12-10-26(35)11-13-27)19-28(29)37-30(40)22-3-1-21(20-34)2-4-22/h1-9,14,19,26-27H,10-13,15-18,35H2,(H,36,41)(H,37,40). The Labute approximate surface area is 244 Å². The van der Waals surface area contributed by atoms with Crippen LogP contribution >= 0.6 is 0 Å². The quantitative estimate of drug-likeness (QED) is 0.413. The number of anilines is 2. The van der Waals surface area contributed by atoms with E-state index in [2.05, 4.69) is 15.5 Å². The van der Waals surface area contributed by atoms with Crippen LogP contribution in [0.3, 0.4) is 0 Å². The van der Waals surface area contributed by atoms with Crippen molar-refractivity contribution < 1.29 is 18.8 Å². The van der Waals surface area contributed by atoms with Crippen LogP contribution in [0.25, 0.3) is 0 Å². The summed E-state index contributed by atoms with van der Waals surface area (Å²) in [6, 6.07) is 19.3. The van der Waals surface area contributed by atoms with Crippen molar-refractivity contribution in [1.29, 1.82) is 5.26 Å². The molecule has 1 aliphatic carbocycles. The van der Waals surface area contributed by atoms with Crippen molar-refractivity contribution in [2.24, 2.45) is 5.73 Å². The van der Waals surface area contributed by atoms with Crippen LogP contribution in [0.2, 0.25) is 0 Å². The number of nitrogens with one attached hydrogen (secondary N) is 2. The fourth-order valence-corrected chi connectivity index (χ4v) is 5.40. The van der Waals surface area contributed by atoms with Crippen LogP contribution in [-0.4, -0.2) is 60.9 Å². The topological polar surface area (TPSA) is 132 Å². The highest BCUT2D eigenvalue weighted by Crippen LogP contribution is 2.30. The highest BCUT2D eigenvalue weighted by Gasteiger charge is 2.26. The third-order valence-corrected chi connectivity index (χ3v) is 7.89. The molecule has 0 radical (unpaired) electrons. The number of hydrogen-bond acceptors (Lipinski definition) is 6. The highest BCUT2D eigenvalue weighted by molar-refractivity contribution is 6.07. The number of hydrogen-bond donors (Lipinski definition) is 3. The number of piperazine rings is 1. The van der Waals surface area contributed by atoms with Gasteiger partial charge < -0.3 is 26.2 Å². The van der Waals surface area contributed by atoms with Crippen molar-refractivity contribution in [3.05, 3.63) is 94.8 Å². The number of nitrogens with two attached hydrogens (primary N) is 1. The highest BCUT2D eigenvalue weighted by atomic mass is 19.1. The van der Waals surface area contributed by atoms with Gasteiger partial charge in [-0.3, -0.25) is 14.4 Å². The molecular formula is C32H33FN6O3. The SMILES string of the molecule is N#Cc1ccc(C(=O)Nc2cc(C(=O)NC3CCC(N)CC3)ccc2N2CCN(C(=O)c3ccc(F)cc3)CC2)cc1. The predicted octanol–water partition coefficient (Wildman–Crippen LogP) is 3.91. The summed E-state index contributed by atoms with van der Waals surface area (Å²) in [7, 11) is 0. The molecule has 1 heterocycles. The van der Waals surface area contributed by atoms with E-state index in [0.717, 1.165) is 31.4 Å². The third kappa shape index (κ3) is 6.75. The number of carbonyl (C=O) groups is 3. The third-order valence-electron chi connectivity index (χ3n) is 7.89. The minimum absolute atomic E-state index is 0.0559. The number of carbonyl (C=O) groups excluding carboxylic acids is 3. The van der Waals surface area contributed by atoms with Crippen LogP contribution in [0.5, 0.6) is 0 Å². The maximum atomic E-state index is 13.3. The molecular weight excluding hydrogens is 535 g/mol. The number of benzene rings is 3. The lowest BCUT2D eigenvalue weighted by atomic mass is 9.91. The second kappa shape index (κ2) is 12.8. The summed E-state index contributed by atoms with van der Waals surface area (Å²) in [5.41, 5.74) is 8.89. The Bertz CT molecular complexity index is 1490. The molecule has 0 spiro atoms. The molecule has 3 aromatic rings. The van der Waals surface area contributed by atoms with Gasteiger partial charge in [0.15, 0.2) is 0 Å². The summed E-state index contributed by atoms with van der Waals surface area (Å²) in [5, 5.41) is 15.1. The Balaban J connectivity index is 1.34. The number of amides is 3. The van der Waals surface area contributed by atoms with Gasteiger partial charge in [-0.15, -0.1) is 0 Å². The monoisotopic (exact) mass is 568 g/mol. The van der Waals surface area contributed by atoms with Gasteiger partial charge in [0.2, 0.25) is 0 Å². The van der Waals surface area contributed by atoms with E-state index in [9.17, 15) is 18.8 Å². The molecule has 3 amide bonds. The normalized spacial score (nSPS) is 18.6. The van der Waals surface area contributed by atoms with Gasteiger partial charge in [-0.1, -0.05) is 0 Å². The second-order valence-electron chi connectivity index (χ2n) is 10.7. The molecule has 4 N–H and O–H groups in total. The maximum absolute atomic E-state index is 13.3. The van der Waals surface area contributed by atoms with Crippen molar-refractivity contribution >= 4 is 29.1 Å². The van der Waals surface area contributed by atoms with Gasteiger partial charge >= 0.3 is 0 Å². The predicted molar refractivity (Wildman–Crippen MR) is 158 cm³/mol. The zero-order valence-corrected chi connectivity index (χ0v) is 23.2. The zero-order chi connectivity index (χ0) is 29.6. The van der Waals surface area contributed by atoms with Crippen LogP contribution in [0.4, 0.5) is 15.8 Å². The molecule has 2 fully saturated rings. The van der Waals surface area contributed by atoms with Gasteiger partial charge in [-0.05, 0) is 92.4 Å². The summed E-state index contributed by atoms with van der Waals surface area (Å²) in [6.45, 7) is 1.87. The Hall–Kier alpha value is -4.75. The number of nitriles is 1. The number of nitrogens with zero attached hydrogens (tertiary/aromatic N) is 3. The van der Waals surface area contributed by atoms with Gasteiger partial charge in [-0.25, -0.2) is 4.39 Å². The van der Waals surface area contributed by atoms with Crippen molar-refractivity contribution in [2.75, 3.05) is 36.4 Å². The summed E-state index contributed by atoms with van der Waals surface area (Å²) < 4.78 is 13.3. The summed E-state index contributed by atoms with van der Waals surface area (Å²) >= 11 is 0. The fourth-order valence-electron chi connectivity index (χ4n) is 5.40. The van der Waals surface area contributed by atoms with Crippen LogP contribution < -0.4 is 21.3 Å². The molecule has 3 aromatic carbocycles. The van der Waals surface area contributed by atoms with Gasteiger partial charge in [0, 0.05) is 55.0 Å². The first-order valence-corrected chi connectivity index (χ1v) is 14.1. The Kier molecular flexibility index (Phi) is 8.79. The first kappa shape index (κ1) is 28.8. The average Bonchev–Trinajstić information content (AvgIpc) is 3.02. The van der Waals surface area contributed by atoms with Crippen molar-refractivity contribution in [3.63, 3.8) is 0 Å². The van der Waals surface area contributed by atoms with Crippen LogP contribution in [0.15, 0.2) is 66.7 Å². The minimum Gasteiger partial charge on any atom is -0.366 e. The molecule has 5 rings (SSSR count). The van der Waals surface area contributed by atoms with E-state index in [1.54, 1.807) is 41.3 Å². The van der Waals surface area contributed by atoms with Crippen LogP contribution in [0, 0.1) is 17.1 Å². The van der Waals surface area contributed by atoms with Crippen LogP contribution in [-0.2, 0) is 0 Å². The van der Waals surface area contributed by atoms with Crippen molar-refractivity contribution in [1.82, 2.24) is 10.2 Å². The lowest BCUT2D eigenvalue weighted by Crippen LogP contribution is -2.49. The summed E-state index contributed by atoms with van der Waals surface area (Å²) in [4.78, 5) is 43.1. The molecule has 42 heavy (non-hydrogen) atoms. The Morgan fingerprint density at radius 3 is 2.07 bits per heavy atom. The average molecular weight is 569 g/mol. The molecule has 0 unspecified atom stereocenters. The first-order valence-electron chi connectivity index (χ1n) is 14.1. The van der Waals surface area contributed by atoms with E-state index < -0.39 is 5.82 Å². The number of rotatable bonds is 6. The molecule has 0 aromatic heterocycles. The van der Waals surface area contributed by atoms with Gasteiger partial charge in [0.1, 0.15) is 5.82 Å². The molecule has 216 valence electrons. The summed E-state index contributed by atoms with van der Waals surface area (Å²) in [6.07, 6.45) is 3.39. The van der Waals surface area contributed by atoms with E-state index in [1.165, 1.54) is 24.3 Å². The molecule has 1 aliphatic heterocycles. The fraction of sp³-hybridized carbons (Fsp3) is 0.312. The van der Waals surface area contributed by atoms with Gasteiger partial charge in [-0.2, -0.15) is 5.26 Å². The maximum Gasteiger partial charge on any atom is 0.255 e. The molecule has 0 bridgehead atoms. The molecule has 1 saturated heterocycles. The summed E-state index contributed by atoms with van der Waals surface area (Å²) in [5.74, 6) is -1.15. The van der Waals surface area contributed by atoms with Gasteiger partial charge in [0.05, 0.1) is 23.0 Å². The smallest absolute Gasteiger partial charge is 0.255 e. The molecule has 1 saturated carbocycles. The minimum atomic E-state index is -0.396. The van der Waals surface area contributed by atoms with Crippen LogP contribution in [0.1, 0.15) is 62.3 Å². The van der Waals surface area contributed by atoms with E-state index in [-0.39, 0.29) is 29.8 Å². The van der Waals surface area contributed by atoms with Crippen molar-refractivity contribution in [3.8, 4) is 6.07 Å². The van der Waals surface area contributed by atoms with Crippen molar-refractivity contribution in [2.45, 2.75) is 37.8 Å². The zero-order valence-electron chi connectivity index (χ0n) is 23.2. The van der Waals surface area contributed by atoms with Gasteiger partial charge in [0.25, 0.3) is 17.7 Å². The molecule has 10 heteroatoms. The van der Waals surface area contributed by atoms with E-state index in [0.29, 0.717) is 54.1 Å². The van der Waals surface area contributed by atoms with E-state index in [1.807, 2.05) is 12.1 Å². The second-order valence-corrected chi connectivity index (χ2v) is 10.7. The first-order chi connectivity index (χ1) is 20.3. The lowest BCUT2D eigenvalue weighted by Gasteiger charge is -2.37. The molecule has 2 aliphatic rings. The largest absolute Gasteiger partial charge is 0.366 e. The van der Waals surface area contributed by atoms with E-state index >= 15 is 0 Å². The van der Waals surface area contributed by atoms with E-state index in [4.69, 9.17) is 11.0 Å². The molecule has 0 atom stereocenters. The molecule has 9 nitrogen and oxygen atoms in total. The number of halogens is 1. The lowest BCUT2D eigenvalue weighted by molar-refractivity contribution is 0.0746. The Morgan fingerprint density at radius 2 is 1.43 bits per heavy atom. The Morgan fingerprint density at radius 1 is 0.810 bits per heavy atom.